The van der Waals surface area contributed by atoms with Crippen molar-refractivity contribution < 1.29 is 19.4 Å². The van der Waals surface area contributed by atoms with Gasteiger partial charge in [-0.15, -0.1) is 0 Å². The van der Waals surface area contributed by atoms with Gasteiger partial charge in [-0.25, -0.2) is 0 Å². The van der Waals surface area contributed by atoms with Crippen LogP contribution in [0.4, 0.5) is 0 Å². The van der Waals surface area contributed by atoms with Crippen LogP contribution in [0.25, 0.3) is 0 Å². The molecule has 6 nitrogen and oxygen atoms in total. The molecule has 1 aromatic rings. The summed E-state index contributed by atoms with van der Waals surface area (Å²) in [7, 11) is 1.45. The van der Waals surface area contributed by atoms with E-state index in [2.05, 4.69) is 33.2 Å². The van der Waals surface area contributed by atoms with Crippen LogP contribution in [0, 0.1) is 23.7 Å². The van der Waals surface area contributed by atoms with Crippen molar-refractivity contribution in [3.8, 4) is 11.5 Å². The fourth-order valence-electron chi connectivity index (χ4n) is 4.12. The summed E-state index contributed by atoms with van der Waals surface area (Å²) in [4.78, 5) is 25.4. The number of hydrazone groups is 1. The molecule has 1 aromatic carbocycles. The molecule has 1 N–H and O–H groups in total. The smallest absolute Gasteiger partial charge is 0.254 e. The quantitative estimate of drug-likeness (QED) is 0.477. The van der Waals surface area contributed by atoms with Crippen LogP contribution in [-0.4, -0.2) is 35.3 Å². The number of rotatable bonds is 3. The molecule has 2 fully saturated rings. The lowest BCUT2D eigenvalue weighted by atomic mass is 9.63. The highest BCUT2D eigenvalue weighted by molar-refractivity contribution is 9.10. The predicted molar refractivity (Wildman–Crippen MR) is 94.1 cm³/mol. The summed E-state index contributed by atoms with van der Waals surface area (Å²) in [6.07, 6.45) is 7.52. The number of phenolic OH excluding ortho intramolecular Hbond substituents is 1. The molecule has 1 heterocycles. The van der Waals surface area contributed by atoms with Crippen LogP contribution in [0.1, 0.15) is 18.4 Å². The van der Waals surface area contributed by atoms with Crippen LogP contribution in [-0.2, 0) is 9.59 Å². The Balaban J connectivity index is 1.62. The number of halogens is 1. The van der Waals surface area contributed by atoms with Gasteiger partial charge in [-0.3, -0.25) is 9.59 Å². The van der Waals surface area contributed by atoms with Crippen molar-refractivity contribution in [1.82, 2.24) is 5.01 Å². The Kier molecular flexibility index (Phi) is 3.91. The van der Waals surface area contributed by atoms with Gasteiger partial charge >= 0.3 is 0 Å². The Morgan fingerprint density at radius 1 is 1.20 bits per heavy atom. The number of benzene rings is 1. The molecule has 25 heavy (non-hydrogen) atoms. The highest BCUT2D eigenvalue weighted by atomic mass is 79.9. The Hall–Kier alpha value is -2.15. The first kappa shape index (κ1) is 16.3. The first-order chi connectivity index (χ1) is 12.0. The number of imide groups is 1. The molecule has 1 saturated carbocycles. The Morgan fingerprint density at radius 2 is 1.80 bits per heavy atom. The number of carbonyl (C=O) groups excluding carboxylic acids is 2. The minimum Gasteiger partial charge on any atom is -0.503 e. The molecule has 5 rings (SSSR count). The molecule has 2 amide bonds. The standard InChI is InChI=1S/C18H17BrN2O4/c1-25-13-7-9(6-12(19)16(13)22)8-20-21-17(23)14-10-2-3-11(5-4-10)15(14)18(21)24/h2-3,6-8,10-11,14-15,22H,4-5H2,1H3/b20-8+/t10-,11+,14-,15+. The van der Waals surface area contributed by atoms with Crippen molar-refractivity contribution in [1.29, 1.82) is 0 Å². The number of aromatic hydroxyl groups is 1. The van der Waals surface area contributed by atoms with Crippen LogP contribution in [0.15, 0.2) is 33.9 Å². The van der Waals surface area contributed by atoms with E-state index in [1.54, 1.807) is 12.1 Å². The zero-order chi connectivity index (χ0) is 17.7. The van der Waals surface area contributed by atoms with E-state index < -0.39 is 0 Å². The number of nitrogens with zero attached hydrogens (tertiary/aromatic N) is 2. The molecule has 3 aliphatic carbocycles. The van der Waals surface area contributed by atoms with E-state index in [-0.39, 0.29) is 47.0 Å². The first-order valence-corrected chi connectivity index (χ1v) is 8.97. The van der Waals surface area contributed by atoms with Crippen molar-refractivity contribution in [2.24, 2.45) is 28.8 Å². The molecular formula is C18H17BrN2O4. The fourth-order valence-corrected chi connectivity index (χ4v) is 4.58. The predicted octanol–water partition coefficient (Wildman–Crippen LogP) is 2.69. The average Bonchev–Trinajstić information content (AvgIpc) is 2.90. The highest BCUT2D eigenvalue weighted by Gasteiger charge is 2.56. The molecule has 0 aromatic heterocycles. The molecule has 0 unspecified atom stereocenters. The second-order valence-corrected chi connectivity index (χ2v) is 7.48. The van der Waals surface area contributed by atoms with E-state index in [0.29, 0.717) is 10.0 Å². The van der Waals surface area contributed by atoms with Crippen LogP contribution < -0.4 is 4.74 Å². The molecular weight excluding hydrogens is 388 g/mol. The van der Waals surface area contributed by atoms with Crippen molar-refractivity contribution >= 4 is 34.0 Å². The molecule has 130 valence electrons. The number of allylic oxidation sites excluding steroid dienone is 2. The maximum Gasteiger partial charge on any atom is 0.254 e. The van der Waals surface area contributed by atoms with E-state index in [9.17, 15) is 14.7 Å². The molecule has 0 radical (unpaired) electrons. The van der Waals surface area contributed by atoms with Crippen LogP contribution in [0.3, 0.4) is 0 Å². The average molecular weight is 405 g/mol. The van der Waals surface area contributed by atoms with E-state index in [1.165, 1.54) is 13.3 Å². The van der Waals surface area contributed by atoms with Gasteiger partial charge in [0.25, 0.3) is 11.8 Å². The fraction of sp³-hybridized carbons (Fsp3) is 0.389. The molecule has 4 atom stereocenters. The number of methoxy groups -OCH3 is 1. The maximum absolute atomic E-state index is 12.7. The van der Waals surface area contributed by atoms with E-state index in [4.69, 9.17) is 4.74 Å². The third kappa shape index (κ3) is 2.49. The lowest BCUT2D eigenvalue weighted by Gasteiger charge is -2.37. The summed E-state index contributed by atoms with van der Waals surface area (Å²) < 4.78 is 5.54. The number of fused-ring (bicyclic) bond motifs is 1. The third-order valence-corrected chi connectivity index (χ3v) is 5.93. The molecule has 0 spiro atoms. The van der Waals surface area contributed by atoms with Gasteiger partial charge in [-0.05, 0) is 58.3 Å². The number of amides is 2. The number of carbonyl (C=O) groups is 2. The minimum atomic E-state index is -0.269. The second kappa shape index (κ2) is 5.98. The van der Waals surface area contributed by atoms with Crippen LogP contribution >= 0.6 is 15.9 Å². The third-order valence-electron chi connectivity index (χ3n) is 5.33. The van der Waals surface area contributed by atoms with E-state index in [0.717, 1.165) is 17.9 Å². The summed E-state index contributed by atoms with van der Waals surface area (Å²) in [5.41, 5.74) is 0.609. The number of hydrogen-bond acceptors (Lipinski definition) is 5. The van der Waals surface area contributed by atoms with E-state index >= 15 is 0 Å². The number of ether oxygens (including phenoxy) is 1. The summed E-state index contributed by atoms with van der Waals surface area (Å²) in [5.74, 6) is -0.397. The van der Waals surface area contributed by atoms with Gasteiger partial charge in [-0.2, -0.15) is 10.1 Å². The lowest BCUT2D eigenvalue weighted by Crippen LogP contribution is -2.38. The zero-order valence-electron chi connectivity index (χ0n) is 13.6. The molecule has 7 heteroatoms. The zero-order valence-corrected chi connectivity index (χ0v) is 15.1. The molecule has 1 aliphatic heterocycles. The molecule has 1 saturated heterocycles. The Labute approximate surface area is 153 Å². The SMILES string of the molecule is COc1cc(/C=N/N2C(=O)[C@@H]3[C@H](C2=O)[C@@H]2C=C[C@H]3CC2)cc(Br)c1O. The van der Waals surface area contributed by atoms with Gasteiger partial charge in [0.05, 0.1) is 29.6 Å². The van der Waals surface area contributed by atoms with Crippen molar-refractivity contribution in [2.45, 2.75) is 12.8 Å². The van der Waals surface area contributed by atoms with Crippen LogP contribution in [0.2, 0.25) is 0 Å². The summed E-state index contributed by atoms with van der Waals surface area (Å²) in [6.45, 7) is 0. The van der Waals surface area contributed by atoms with Gasteiger partial charge in [-0.1, -0.05) is 12.2 Å². The Bertz CT molecular complexity index is 788. The lowest BCUT2D eigenvalue weighted by molar-refractivity contribution is -0.140. The molecule has 4 aliphatic rings. The van der Waals surface area contributed by atoms with Crippen molar-refractivity contribution in [3.05, 3.63) is 34.3 Å². The number of phenols is 1. The minimum absolute atomic E-state index is 0.0124. The summed E-state index contributed by atoms with van der Waals surface area (Å²) in [6, 6.07) is 3.23. The van der Waals surface area contributed by atoms with Crippen molar-refractivity contribution in [2.75, 3.05) is 7.11 Å². The van der Waals surface area contributed by atoms with Gasteiger partial charge in [0.15, 0.2) is 11.5 Å². The molecule has 2 bridgehead atoms. The van der Waals surface area contributed by atoms with Crippen molar-refractivity contribution in [3.63, 3.8) is 0 Å². The van der Waals surface area contributed by atoms with E-state index in [1.807, 2.05) is 0 Å². The maximum atomic E-state index is 12.7. The van der Waals surface area contributed by atoms with Gasteiger partial charge in [0, 0.05) is 0 Å². The largest absolute Gasteiger partial charge is 0.503 e. The summed E-state index contributed by atoms with van der Waals surface area (Å²) >= 11 is 3.24. The number of hydrogen-bond donors (Lipinski definition) is 1. The second-order valence-electron chi connectivity index (χ2n) is 6.63. The topological polar surface area (TPSA) is 79.2 Å². The first-order valence-electron chi connectivity index (χ1n) is 8.18. The van der Waals surface area contributed by atoms with Gasteiger partial charge in [0.1, 0.15) is 0 Å². The van der Waals surface area contributed by atoms with Gasteiger partial charge < -0.3 is 9.84 Å². The normalized spacial score (nSPS) is 30.4. The van der Waals surface area contributed by atoms with Gasteiger partial charge in [0.2, 0.25) is 0 Å². The highest BCUT2D eigenvalue weighted by Crippen LogP contribution is 2.49. The summed E-state index contributed by atoms with van der Waals surface area (Å²) in [5, 5.41) is 15.0. The monoisotopic (exact) mass is 404 g/mol. The Morgan fingerprint density at radius 3 is 2.32 bits per heavy atom. The van der Waals surface area contributed by atoms with Crippen LogP contribution in [0.5, 0.6) is 11.5 Å².